The molecule has 5 heteroatoms. The number of halogens is 3. The third-order valence-corrected chi connectivity index (χ3v) is 3.26. The molecule has 14 heavy (non-hydrogen) atoms. The van der Waals surface area contributed by atoms with Crippen LogP contribution < -0.4 is 0 Å². The molecular weight excluding hydrogens is 197 g/mol. The molecule has 2 nitrogen and oxygen atoms in total. The van der Waals surface area contributed by atoms with Crippen LogP contribution >= 0.6 is 0 Å². The van der Waals surface area contributed by atoms with Crippen molar-refractivity contribution in [3.63, 3.8) is 0 Å². The first-order chi connectivity index (χ1) is 6.48. The van der Waals surface area contributed by atoms with E-state index >= 15 is 0 Å². The summed E-state index contributed by atoms with van der Waals surface area (Å²) < 4.78 is 42.4. The van der Waals surface area contributed by atoms with Gasteiger partial charge in [0.1, 0.15) is 0 Å². The minimum absolute atomic E-state index is 0.0191. The lowest BCUT2D eigenvalue weighted by atomic mass is 9.77. The number of rotatable bonds is 0. The van der Waals surface area contributed by atoms with Gasteiger partial charge < -0.3 is 9.84 Å². The lowest BCUT2D eigenvalue weighted by Crippen LogP contribution is -2.42. The predicted octanol–water partition coefficient (Wildman–Crippen LogP) is 1.72. The van der Waals surface area contributed by atoms with Gasteiger partial charge in [0.15, 0.2) is 0 Å². The molecule has 2 rings (SSSR count). The molecule has 2 fully saturated rings. The van der Waals surface area contributed by atoms with Gasteiger partial charge in [-0.05, 0) is 19.3 Å². The van der Waals surface area contributed by atoms with E-state index in [2.05, 4.69) is 0 Å². The largest absolute Gasteiger partial charge is 0.393 e. The van der Waals surface area contributed by atoms with E-state index in [0.29, 0.717) is 13.0 Å². The van der Waals surface area contributed by atoms with Crippen LogP contribution in [0, 0.1) is 11.8 Å². The average Bonchev–Trinajstić information content (AvgIpc) is 2.50. The normalized spacial score (nSPS) is 43.7. The van der Waals surface area contributed by atoms with Crippen molar-refractivity contribution in [2.45, 2.75) is 37.6 Å². The molecule has 1 aliphatic carbocycles. The predicted molar refractivity (Wildman–Crippen MR) is 42.6 cm³/mol. The second-order valence-corrected chi connectivity index (χ2v) is 4.14. The van der Waals surface area contributed by atoms with Crippen LogP contribution in [0.4, 0.5) is 13.2 Å². The van der Waals surface area contributed by atoms with Crippen LogP contribution in [0.1, 0.15) is 19.3 Å². The summed E-state index contributed by atoms with van der Waals surface area (Å²) in [5, 5.41) is 9.53. The Balaban J connectivity index is 2.06. The van der Waals surface area contributed by atoms with Gasteiger partial charge >= 0.3 is 6.18 Å². The number of ether oxygens (including phenoxy) is 1. The molecule has 1 N–H and O–H groups in total. The summed E-state index contributed by atoms with van der Waals surface area (Å²) in [4.78, 5) is 0. The highest BCUT2D eigenvalue weighted by atomic mass is 19.4. The fraction of sp³-hybridized carbons (Fsp3) is 1.00. The molecule has 1 aliphatic heterocycles. The summed E-state index contributed by atoms with van der Waals surface area (Å²) in [5.41, 5.74) is 0. The Morgan fingerprint density at radius 3 is 2.57 bits per heavy atom. The topological polar surface area (TPSA) is 29.5 Å². The number of hydrogen-bond donors (Lipinski definition) is 1. The van der Waals surface area contributed by atoms with Crippen LogP contribution in [-0.2, 0) is 4.74 Å². The third kappa shape index (κ3) is 1.75. The van der Waals surface area contributed by atoms with E-state index in [1.807, 2.05) is 0 Å². The SMILES string of the molecule is O[C@@H]1C[C@H](C(F)(F)F)C[C@H]2OCC[C@H]12. The van der Waals surface area contributed by atoms with Gasteiger partial charge in [0, 0.05) is 12.5 Å². The Bertz CT molecular complexity index is 217. The molecule has 0 amide bonds. The average molecular weight is 210 g/mol. The molecular formula is C9H13F3O2. The number of aliphatic hydroxyl groups excluding tert-OH is 1. The molecule has 1 saturated heterocycles. The highest BCUT2D eigenvalue weighted by Crippen LogP contribution is 2.43. The zero-order valence-corrected chi connectivity index (χ0v) is 7.63. The molecule has 1 saturated carbocycles. The van der Waals surface area contributed by atoms with Gasteiger partial charge in [0.2, 0.25) is 0 Å². The van der Waals surface area contributed by atoms with Crippen molar-refractivity contribution in [1.82, 2.24) is 0 Å². The Hall–Kier alpha value is -0.290. The second kappa shape index (κ2) is 3.38. The zero-order valence-electron chi connectivity index (χ0n) is 7.63. The highest BCUT2D eigenvalue weighted by molar-refractivity contribution is 4.92. The van der Waals surface area contributed by atoms with Gasteiger partial charge in [0.25, 0.3) is 0 Å². The highest BCUT2D eigenvalue weighted by Gasteiger charge is 2.49. The van der Waals surface area contributed by atoms with E-state index in [9.17, 15) is 18.3 Å². The first-order valence-corrected chi connectivity index (χ1v) is 4.85. The first kappa shape index (κ1) is 10.2. The Labute approximate surface area is 80.1 Å². The number of hydrogen-bond acceptors (Lipinski definition) is 2. The lowest BCUT2D eigenvalue weighted by Gasteiger charge is -2.35. The molecule has 0 unspecified atom stereocenters. The third-order valence-electron chi connectivity index (χ3n) is 3.26. The summed E-state index contributed by atoms with van der Waals surface area (Å²) in [5.74, 6) is -1.47. The number of aliphatic hydroxyl groups is 1. The van der Waals surface area contributed by atoms with Crippen LogP contribution in [0.25, 0.3) is 0 Å². The van der Waals surface area contributed by atoms with Gasteiger partial charge in [0.05, 0.1) is 18.1 Å². The van der Waals surface area contributed by atoms with Crippen LogP contribution in [0.15, 0.2) is 0 Å². The fourth-order valence-corrected chi connectivity index (χ4v) is 2.46. The van der Waals surface area contributed by atoms with Crippen molar-refractivity contribution in [3.8, 4) is 0 Å². The van der Waals surface area contributed by atoms with Gasteiger partial charge in [-0.25, -0.2) is 0 Å². The van der Waals surface area contributed by atoms with Crippen molar-refractivity contribution in [1.29, 1.82) is 0 Å². The maximum atomic E-state index is 12.4. The minimum atomic E-state index is -4.20. The van der Waals surface area contributed by atoms with Crippen LogP contribution in [-0.4, -0.2) is 30.1 Å². The molecule has 0 radical (unpaired) electrons. The molecule has 2 aliphatic rings. The van der Waals surface area contributed by atoms with Crippen molar-refractivity contribution in [2.75, 3.05) is 6.61 Å². The second-order valence-electron chi connectivity index (χ2n) is 4.14. The van der Waals surface area contributed by atoms with Crippen LogP contribution in [0.3, 0.4) is 0 Å². The van der Waals surface area contributed by atoms with E-state index in [1.165, 1.54) is 0 Å². The standard InChI is InChI=1S/C9H13F3O2/c10-9(11,12)5-3-7(13)6-1-2-14-8(6)4-5/h5-8,13H,1-4H2/t5-,6+,7+,8+/m0/s1. The number of fused-ring (bicyclic) bond motifs is 1. The summed E-state index contributed by atoms with van der Waals surface area (Å²) in [6, 6.07) is 0. The van der Waals surface area contributed by atoms with Crippen LogP contribution in [0.2, 0.25) is 0 Å². The lowest BCUT2D eigenvalue weighted by molar-refractivity contribution is -0.203. The number of alkyl halides is 3. The Kier molecular flexibility index (Phi) is 2.47. The maximum absolute atomic E-state index is 12.4. The van der Waals surface area contributed by atoms with E-state index in [0.717, 1.165) is 0 Å². The fourth-order valence-electron chi connectivity index (χ4n) is 2.46. The first-order valence-electron chi connectivity index (χ1n) is 4.85. The van der Waals surface area contributed by atoms with Crippen molar-refractivity contribution >= 4 is 0 Å². The summed E-state index contributed by atoms with van der Waals surface area (Å²) in [6.45, 7) is 0.483. The molecule has 1 heterocycles. The van der Waals surface area contributed by atoms with E-state index in [1.54, 1.807) is 0 Å². The molecule has 0 bridgehead atoms. The van der Waals surface area contributed by atoms with Crippen molar-refractivity contribution in [3.05, 3.63) is 0 Å². The summed E-state index contributed by atoms with van der Waals surface area (Å²) in [7, 11) is 0. The van der Waals surface area contributed by atoms with Gasteiger partial charge in [-0.1, -0.05) is 0 Å². The maximum Gasteiger partial charge on any atom is 0.392 e. The summed E-state index contributed by atoms with van der Waals surface area (Å²) in [6.07, 6.45) is -4.87. The molecule has 82 valence electrons. The quantitative estimate of drug-likeness (QED) is 0.659. The molecule has 0 aromatic rings. The van der Waals surface area contributed by atoms with Gasteiger partial charge in [-0.3, -0.25) is 0 Å². The molecule has 0 aromatic carbocycles. The van der Waals surface area contributed by atoms with Gasteiger partial charge in [-0.2, -0.15) is 13.2 Å². The molecule has 0 aromatic heterocycles. The monoisotopic (exact) mass is 210 g/mol. The van der Waals surface area contributed by atoms with E-state index in [-0.39, 0.29) is 24.9 Å². The van der Waals surface area contributed by atoms with Crippen molar-refractivity contribution < 1.29 is 23.0 Å². The minimum Gasteiger partial charge on any atom is -0.393 e. The van der Waals surface area contributed by atoms with Crippen molar-refractivity contribution in [2.24, 2.45) is 11.8 Å². The van der Waals surface area contributed by atoms with Gasteiger partial charge in [-0.15, -0.1) is 0 Å². The Morgan fingerprint density at radius 1 is 1.21 bits per heavy atom. The zero-order chi connectivity index (χ0) is 10.3. The smallest absolute Gasteiger partial charge is 0.392 e. The molecule has 0 spiro atoms. The van der Waals surface area contributed by atoms with E-state index < -0.39 is 18.2 Å². The Morgan fingerprint density at radius 2 is 1.93 bits per heavy atom. The van der Waals surface area contributed by atoms with Crippen LogP contribution in [0.5, 0.6) is 0 Å². The van der Waals surface area contributed by atoms with E-state index in [4.69, 9.17) is 4.74 Å². The molecule has 4 atom stereocenters. The summed E-state index contributed by atoms with van der Waals surface area (Å²) >= 11 is 0.